The Balaban J connectivity index is 2.74. The second-order valence-electron chi connectivity index (χ2n) is 2.06. The number of ether oxygens (including phenoxy) is 1. The summed E-state index contributed by atoms with van der Waals surface area (Å²) in [6.45, 7) is 2.43. The van der Waals surface area contributed by atoms with Crippen LogP contribution in [0.3, 0.4) is 0 Å². The SMILES string of the molecule is CC1=C(C(=O)NN)SCCO1. The van der Waals surface area contributed by atoms with Gasteiger partial charge < -0.3 is 4.74 Å². The van der Waals surface area contributed by atoms with Crippen LogP contribution in [-0.4, -0.2) is 18.3 Å². The standard InChI is InChI=1S/C6H10N2O2S/c1-4-5(6(9)8-7)11-3-2-10-4/h2-3,7H2,1H3,(H,8,9). The monoisotopic (exact) mass is 174 g/mol. The topological polar surface area (TPSA) is 64.4 Å². The molecule has 0 unspecified atom stereocenters. The number of hydrogen-bond donors (Lipinski definition) is 2. The lowest BCUT2D eigenvalue weighted by Crippen LogP contribution is -2.32. The molecule has 1 amide bonds. The Kier molecular flexibility index (Phi) is 2.78. The molecule has 0 spiro atoms. The number of thioether (sulfide) groups is 1. The summed E-state index contributed by atoms with van der Waals surface area (Å²) >= 11 is 1.47. The van der Waals surface area contributed by atoms with Crippen LogP contribution in [0.2, 0.25) is 0 Å². The van der Waals surface area contributed by atoms with E-state index in [0.717, 1.165) is 5.75 Å². The fourth-order valence-corrected chi connectivity index (χ4v) is 1.62. The van der Waals surface area contributed by atoms with Crippen molar-refractivity contribution < 1.29 is 9.53 Å². The number of allylic oxidation sites excluding steroid dienone is 1. The summed E-state index contributed by atoms with van der Waals surface area (Å²) in [4.78, 5) is 11.6. The molecule has 11 heavy (non-hydrogen) atoms. The van der Waals surface area contributed by atoms with Crippen molar-refractivity contribution in [2.75, 3.05) is 12.4 Å². The van der Waals surface area contributed by atoms with Gasteiger partial charge in [-0.15, -0.1) is 11.8 Å². The van der Waals surface area contributed by atoms with Crippen LogP contribution in [0.15, 0.2) is 10.7 Å². The number of carbonyl (C=O) groups is 1. The Morgan fingerprint density at radius 3 is 3.09 bits per heavy atom. The van der Waals surface area contributed by atoms with Gasteiger partial charge in [-0.1, -0.05) is 0 Å². The Hall–Kier alpha value is -0.680. The third-order valence-electron chi connectivity index (χ3n) is 1.31. The minimum absolute atomic E-state index is 0.271. The molecular formula is C6H10N2O2S. The van der Waals surface area contributed by atoms with Crippen molar-refractivity contribution in [3.63, 3.8) is 0 Å². The highest BCUT2D eigenvalue weighted by Gasteiger charge is 2.17. The molecule has 0 atom stereocenters. The first-order valence-corrected chi connectivity index (χ1v) is 4.21. The molecule has 5 heteroatoms. The lowest BCUT2D eigenvalue weighted by molar-refractivity contribution is -0.117. The quantitative estimate of drug-likeness (QED) is 0.333. The minimum Gasteiger partial charge on any atom is -0.496 e. The third-order valence-corrected chi connectivity index (χ3v) is 2.44. The summed E-state index contributed by atoms with van der Waals surface area (Å²) in [7, 11) is 0. The van der Waals surface area contributed by atoms with Crippen molar-refractivity contribution in [1.29, 1.82) is 0 Å². The van der Waals surface area contributed by atoms with Crippen molar-refractivity contribution in [1.82, 2.24) is 5.43 Å². The fourth-order valence-electron chi connectivity index (χ4n) is 0.797. The molecule has 1 heterocycles. The molecule has 0 aromatic carbocycles. The molecule has 1 aliphatic heterocycles. The zero-order valence-electron chi connectivity index (χ0n) is 6.22. The van der Waals surface area contributed by atoms with E-state index < -0.39 is 0 Å². The second-order valence-corrected chi connectivity index (χ2v) is 3.16. The van der Waals surface area contributed by atoms with Crippen molar-refractivity contribution >= 4 is 17.7 Å². The Bertz CT molecular complexity index is 203. The molecule has 0 fully saturated rings. The van der Waals surface area contributed by atoms with Gasteiger partial charge in [-0.25, -0.2) is 5.84 Å². The van der Waals surface area contributed by atoms with Gasteiger partial charge in [-0.3, -0.25) is 10.2 Å². The highest BCUT2D eigenvalue weighted by Crippen LogP contribution is 2.24. The molecule has 1 aliphatic rings. The average molecular weight is 174 g/mol. The largest absolute Gasteiger partial charge is 0.496 e. The predicted molar refractivity (Wildman–Crippen MR) is 43.4 cm³/mol. The molecule has 0 saturated heterocycles. The van der Waals surface area contributed by atoms with Crippen LogP contribution in [0.1, 0.15) is 6.92 Å². The van der Waals surface area contributed by atoms with E-state index in [-0.39, 0.29) is 5.91 Å². The maximum absolute atomic E-state index is 11.0. The molecule has 4 nitrogen and oxygen atoms in total. The number of nitrogens with two attached hydrogens (primary N) is 1. The predicted octanol–water partition coefficient (Wildman–Crippen LogP) is -0.0288. The van der Waals surface area contributed by atoms with Crippen LogP contribution >= 0.6 is 11.8 Å². The van der Waals surface area contributed by atoms with Crippen molar-refractivity contribution in [2.45, 2.75) is 6.92 Å². The Labute approximate surface area is 69.1 Å². The third kappa shape index (κ3) is 1.87. The van der Waals surface area contributed by atoms with Gasteiger partial charge in [0.2, 0.25) is 0 Å². The molecule has 0 bridgehead atoms. The van der Waals surface area contributed by atoms with Gasteiger partial charge in [0.15, 0.2) is 0 Å². The van der Waals surface area contributed by atoms with E-state index in [4.69, 9.17) is 10.6 Å². The highest BCUT2D eigenvalue weighted by atomic mass is 32.2. The van der Waals surface area contributed by atoms with Crippen LogP contribution in [0, 0.1) is 0 Å². The van der Waals surface area contributed by atoms with Crippen molar-refractivity contribution in [3.05, 3.63) is 10.7 Å². The number of carbonyl (C=O) groups excluding carboxylic acids is 1. The number of hydrogen-bond acceptors (Lipinski definition) is 4. The summed E-state index contributed by atoms with van der Waals surface area (Å²) in [6.07, 6.45) is 0. The van der Waals surface area contributed by atoms with Gasteiger partial charge in [0.25, 0.3) is 5.91 Å². The maximum atomic E-state index is 11.0. The van der Waals surface area contributed by atoms with Crippen LogP contribution in [0.25, 0.3) is 0 Å². The molecule has 0 aromatic rings. The highest BCUT2D eigenvalue weighted by molar-refractivity contribution is 8.04. The van der Waals surface area contributed by atoms with Crippen LogP contribution < -0.4 is 11.3 Å². The minimum atomic E-state index is -0.271. The zero-order valence-corrected chi connectivity index (χ0v) is 7.03. The van der Waals surface area contributed by atoms with Gasteiger partial charge >= 0.3 is 0 Å². The van der Waals surface area contributed by atoms with Crippen LogP contribution in [0.5, 0.6) is 0 Å². The summed E-state index contributed by atoms with van der Waals surface area (Å²) in [6, 6.07) is 0. The van der Waals surface area contributed by atoms with Crippen molar-refractivity contribution in [3.8, 4) is 0 Å². The maximum Gasteiger partial charge on any atom is 0.275 e. The fraction of sp³-hybridized carbons (Fsp3) is 0.500. The van der Waals surface area contributed by atoms with E-state index in [2.05, 4.69) is 5.43 Å². The summed E-state index contributed by atoms with van der Waals surface area (Å²) in [5.74, 6) is 6.15. The van der Waals surface area contributed by atoms with Gasteiger partial charge in [0, 0.05) is 5.75 Å². The molecule has 3 N–H and O–H groups in total. The van der Waals surface area contributed by atoms with E-state index in [1.165, 1.54) is 11.8 Å². The molecular weight excluding hydrogens is 164 g/mol. The number of hydrazine groups is 1. The van der Waals surface area contributed by atoms with E-state index in [0.29, 0.717) is 17.3 Å². The van der Waals surface area contributed by atoms with Gasteiger partial charge in [-0.2, -0.15) is 0 Å². The summed E-state index contributed by atoms with van der Waals surface area (Å²) in [5.41, 5.74) is 2.07. The van der Waals surface area contributed by atoms with E-state index in [9.17, 15) is 4.79 Å². The smallest absolute Gasteiger partial charge is 0.275 e. The second kappa shape index (κ2) is 3.64. The molecule has 0 radical (unpaired) electrons. The number of amides is 1. The summed E-state index contributed by atoms with van der Waals surface area (Å²) < 4.78 is 5.16. The molecule has 0 aromatic heterocycles. The van der Waals surface area contributed by atoms with Crippen LogP contribution in [0.4, 0.5) is 0 Å². The van der Waals surface area contributed by atoms with Crippen LogP contribution in [-0.2, 0) is 9.53 Å². The first kappa shape index (κ1) is 8.42. The molecule has 62 valence electrons. The lowest BCUT2D eigenvalue weighted by atomic mass is 10.4. The normalized spacial score (nSPS) is 17.6. The first-order valence-electron chi connectivity index (χ1n) is 3.23. The number of rotatable bonds is 1. The number of nitrogens with one attached hydrogen (secondary N) is 1. The van der Waals surface area contributed by atoms with E-state index in [1.54, 1.807) is 6.92 Å². The molecule has 0 saturated carbocycles. The lowest BCUT2D eigenvalue weighted by Gasteiger charge is -2.16. The first-order chi connectivity index (χ1) is 5.25. The zero-order chi connectivity index (χ0) is 8.27. The van der Waals surface area contributed by atoms with E-state index in [1.807, 2.05) is 0 Å². The van der Waals surface area contributed by atoms with Gasteiger partial charge in [-0.05, 0) is 6.92 Å². The van der Waals surface area contributed by atoms with E-state index >= 15 is 0 Å². The van der Waals surface area contributed by atoms with Gasteiger partial charge in [0.05, 0.1) is 6.61 Å². The molecule has 1 rings (SSSR count). The average Bonchev–Trinajstić information content (AvgIpc) is 2.04. The van der Waals surface area contributed by atoms with Crippen molar-refractivity contribution in [2.24, 2.45) is 5.84 Å². The summed E-state index contributed by atoms with van der Waals surface area (Å²) in [5, 5.41) is 0. The Morgan fingerprint density at radius 1 is 1.82 bits per heavy atom. The van der Waals surface area contributed by atoms with Gasteiger partial charge in [0.1, 0.15) is 10.7 Å². The molecule has 0 aliphatic carbocycles. The Morgan fingerprint density at radius 2 is 2.55 bits per heavy atom.